The number of fused-ring (bicyclic) bond motifs is 1. The van der Waals surface area contributed by atoms with E-state index in [4.69, 9.17) is 0 Å². The third kappa shape index (κ3) is 1.04. The second-order valence-corrected chi connectivity index (χ2v) is 3.83. The summed E-state index contributed by atoms with van der Waals surface area (Å²) in [7, 11) is 0. The highest BCUT2D eigenvalue weighted by Crippen LogP contribution is 2.17. The number of aryl methyl sites for hydroxylation is 1. The number of hydrogen-bond acceptors (Lipinski definition) is 3. The number of hydrogen-bond donors (Lipinski definition) is 0. The lowest BCUT2D eigenvalue weighted by atomic mass is 10.4. The Morgan fingerprint density at radius 2 is 2.58 bits per heavy atom. The van der Waals surface area contributed by atoms with Gasteiger partial charge in [-0.15, -0.1) is 11.3 Å². The zero-order chi connectivity index (χ0) is 8.55. The summed E-state index contributed by atoms with van der Waals surface area (Å²) in [6.07, 6.45) is 5.10. The van der Waals surface area contributed by atoms with Gasteiger partial charge in [-0.1, -0.05) is 0 Å². The molecule has 3 nitrogen and oxygen atoms in total. The smallest absolute Gasteiger partial charge is 0.194 e. The summed E-state index contributed by atoms with van der Waals surface area (Å²) in [5, 5.41) is 0. The highest BCUT2D eigenvalue weighted by Gasteiger charge is 2.04. The Labute approximate surface area is 73.7 Å². The van der Waals surface area contributed by atoms with E-state index in [9.17, 15) is 4.79 Å². The standard InChI is InChI=1S/C8H8N2OS/c1-6-5-10-7(2-3-11)4-9-8(10)12-6/h3-5H,2H2,1H3. The van der Waals surface area contributed by atoms with Gasteiger partial charge in [-0.2, -0.15) is 0 Å². The molecule has 0 N–H and O–H groups in total. The normalized spacial score (nSPS) is 10.8. The molecule has 4 heteroatoms. The predicted octanol–water partition coefficient (Wildman–Crippen LogP) is 1.45. The fraction of sp³-hybridized carbons (Fsp3) is 0.250. The zero-order valence-corrected chi connectivity index (χ0v) is 7.47. The minimum atomic E-state index is 0.442. The van der Waals surface area contributed by atoms with E-state index in [0.717, 1.165) is 16.9 Å². The summed E-state index contributed by atoms with van der Waals surface area (Å²) in [5.41, 5.74) is 0.962. The first kappa shape index (κ1) is 7.49. The molecule has 0 radical (unpaired) electrons. The molecule has 0 amide bonds. The molecule has 0 aliphatic carbocycles. The van der Waals surface area contributed by atoms with Crippen molar-refractivity contribution in [2.24, 2.45) is 0 Å². The molecule has 0 saturated carbocycles. The lowest BCUT2D eigenvalue weighted by molar-refractivity contribution is -0.107. The Balaban J connectivity index is 2.60. The molecule has 0 saturated heterocycles. The van der Waals surface area contributed by atoms with Gasteiger partial charge in [0, 0.05) is 17.5 Å². The molecule has 2 aromatic heterocycles. The van der Waals surface area contributed by atoms with Gasteiger partial charge in [0.2, 0.25) is 0 Å². The van der Waals surface area contributed by atoms with Gasteiger partial charge in [0.1, 0.15) is 6.29 Å². The maximum atomic E-state index is 10.3. The van der Waals surface area contributed by atoms with Gasteiger partial charge >= 0.3 is 0 Å². The number of aromatic nitrogens is 2. The highest BCUT2D eigenvalue weighted by atomic mass is 32.1. The van der Waals surface area contributed by atoms with E-state index in [1.165, 1.54) is 4.88 Å². The van der Waals surface area contributed by atoms with Crippen molar-refractivity contribution in [1.82, 2.24) is 9.38 Å². The third-order valence-corrected chi connectivity index (χ3v) is 2.61. The van der Waals surface area contributed by atoms with Crippen molar-refractivity contribution in [2.75, 3.05) is 0 Å². The second-order valence-electron chi connectivity index (χ2n) is 2.61. The molecule has 62 valence electrons. The van der Waals surface area contributed by atoms with Gasteiger partial charge < -0.3 is 4.79 Å². The van der Waals surface area contributed by atoms with Gasteiger partial charge in [-0.25, -0.2) is 4.98 Å². The number of nitrogens with zero attached hydrogens (tertiary/aromatic N) is 2. The Morgan fingerprint density at radius 1 is 1.75 bits per heavy atom. The SMILES string of the molecule is Cc1cn2c(CC=O)cnc2s1. The van der Waals surface area contributed by atoms with Gasteiger partial charge in [0.25, 0.3) is 0 Å². The molecule has 0 aromatic carbocycles. The van der Waals surface area contributed by atoms with Crippen LogP contribution in [-0.2, 0) is 11.2 Å². The average Bonchev–Trinajstić information content (AvgIpc) is 2.52. The zero-order valence-electron chi connectivity index (χ0n) is 6.65. The van der Waals surface area contributed by atoms with E-state index >= 15 is 0 Å². The molecule has 0 aliphatic heterocycles. The van der Waals surface area contributed by atoms with E-state index in [0.29, 0.717) is 6.42 Å². The van der Waals surface area contributed by atoms with Crippen molar-refractivity contribution in [1.29, 1.82) is 0 Å². The van der Waals surface area contributed by atoms with E-state index in [1.807, 2.05) is 17.5 Å². The summed E-state index contributed by atoms with van der Waals surface area (Å²) in [6, 6.07) is 0. The summed E-state index contributed by atoms with van der Waals surface area (Å²) in [4.78, 5) is 16.6. The van der Waals surface area contributed by atoms with Crippen LogP contribution in [0.2, 0.25) is 0 Å². The molecule has 2 aromatic rings. The van der Waals surface area contributed by atoms with Crippen molar-refractivity contribution >= 4 is 22.6 Å². The Kier molecular flexibility index (Phi) is 1.69. The number of carbonyl (C=O) groups excluding carboxylic acids is 1. The van der Waals surface area contributed by atoms with Crippen molar-refractivity contribution < 1.29 is 4.79 Å². The fourth-order valence-electron chi connectivity index (χ4n) is 1.18. The quantitative estimate of drug-likeness (QED) is 0.655. The van der Waals surface area contributed by atoms with Crippen LogP contribution in [0.25, 0.3) is 4.96 Å². The molecule has 0 atom stereocenters. The average molecular weight is 180 g/mol. The maximum Gasteiger partial charge on any atom is 0.194 e. The van der Waals surface area contributed by atoms with Crippen LogP contribution in [-0.4, -0.2) is 15.7 Å². The topological polar surface area (TPSA) is 34.4 Å². The maximum absolute atomic E-state index is 10.3. The Hall–Kier alpha value is -1.16. The lowest BCUT2D eigenvalue weighted by Gasteiger charge is -1.88. The first-order valence-corrected chi connectivity index (χ1v) is 4.49. The minimum absolute atomic E-state index is 0.442. The van der Waals surface area contributed by atoms with Gasteiger partial charge in [0.05, 0.1) is 11.9 Å². The summed E-state index contributed by atoms with van der Waals surface area (Å²) < 4.78 is 1.97. The second kappa shape index (κ2) is 2.71. The van der Waals surface area contributed by atoms with Gasteiger partial charge in [0.15, 0.2) is 4.96 Å². The van der Waals surface area contributed by atoms with Crippen LogP contribution in [0.15, 0.2) is 12.4 Å². The van der Waals surface area contributed by atoms with E-state index in [1.54, 1.807) is 17.5 Å². The van der Waals surface area contributed by atoms with E-state index < -0.39 is 0 Å². The summed E-state index contributed by atoms with van der Waals surface area (Å²) >= 11 is 1.63. The predicted molar refractivity (Wildman–Crippen MR) is 47.6 cm³/mol. The first-order chi connectivity index (χ1) is 5.81. The molecule has 2 rings (SSSR count). The first-order valence-electron chi connectivity index (χ1n) is 3.67. The summed E-state index contributed by atoms with van der Waals surface area (Å²) in [5.74, 6) is 0. The monoisotopic (exact) mass is 180 g/mol. The number of rotatable bonds is 2. The van der Waals surface area contributed by atoms with Crippen LogP contribution >= 0.6 is 11.3 Å². The molecule has 0 bridgehead atoms. The molecular weight excluding hydrogens is 172 g/mol. The van der Waals surface area contributed by atoms with Crippen molar-refractivity contribution in [3.05, 3.63) is 23.0 Å². The summed E-state index contributed by atoms with van der Waals surface area (Å²) in [6.45, 7) is 2.03. The van der Waals surface area contributed by atoms with Gasteiger partial charge in [-0.05, 0) is 6.92 Å². The third-order valence-electron chi connectivity index (χ3n) is 1.70. The van der Waals surface area contributed by atoms with Crippen molar-refractivity contribution in [3.8, 4) is 0 Å². The Morgan fingerprint density at radius 3 is 3.33 bits per heavy atom. The Bertz CT molecular complexity index is 416. The van der Waals surface area contributed by atoms with Crippen LogP contribution in [0, 0.1) is 6.92 Å². The van der Waals surface area contributed by atoms with Crippen LogP contribution in [0.1, 0.15) is 10.6 Å². The minimum Gasteiger partial charge on any atom is -0.303 e. The molecule has 2 heterocycles. The number of aldehydes is 1. The fourth-order valence-corrected chi connectivity index (χ4v) is 2.00. The molecule has 0 fully saturated rings. The lowest BCUT2D eigenvalue weighted by Crippen LogP contribution is -1.89. The highest BCUT2D eigenvalue weighted by molar-refractivity contribution is 7.16. The molecular formula is C8H8N2OS. The molecule has 0 unspecified atom stereocenters. The van der Waals surface area contributed by atoms with Crippen LogP contribution in [0.3, 0.4) is 0 Å². The van der Waals surface area contributed by atoms with Crippen LogP contribution in [0.4, 0.5) is 0 Å². The van der Waals surface area contributed by atoms with Crippen molar-refractivity contribution in [2.45, 2.75) is 13.3 Å². The van der Waals surface area contributed by atoms with Crippen LogP contribution < -0.4 is 0 Å². The van der Waals surface area contributed by atoms with E-state index in [-0.39, 0.29) is 0 Å². The molecule has 0 aliphatic rings. The van der Waals surface area contributed by atoms with Crippen molar-refractivity contribution in [3.63, 3.8) is 0 Å². The largest absolute Gasteiger partial charge is 0.303 e. The van der Waals surface area contributed by atoms with Gasteiger partial charge in [-0.3, -0.25) is 4.40 Å². The molecule has 0 spiro atoms. The number of thiazole rings is 1. The van der Waals surface area contributed by atoms with E-state index in [2.05, 4.69) is 4.98 Å². The van der Waals surface area contributed by atoms with Crippen LogP contribution in [0.5, 0.6) is 0 Å². The molecule has 12 heavy (non-hydrogen) atoms. The number of imidazole rings is 1. The number of carbonyl (C=O) groups is 1.